The molecule has 6 unspecified atom stereocenters. The Balaban J connectivity index is 1.42. The highest BCUT2D eigenvalue weighted by molar-refractivity contribution is 6.67. The van der Waals surface area contributed by atoms with Gasteiger partial charge in [-0.3, -0.25) is 19.2 Å². The summed E-state index contributed by atoms with van der Waals surface area (Å²) in [5, 5.41) is 16.6. The highest BCUT2D eigenvalue weighted by Crippen LogP contribution is 2.65. The highest BCUT2D eigenvalue weighted by atomic mass is 35.6. The number of alkyl halides is 4. The number of hydrogen-bond donors (Lipinski definition) is 2. The first-order valence-corrected chi connectivity index (χ1v) is 23.4. The number of fused-ring (bicyclic) bond motifs is 5. The number of aliphatic hydroxyl groups is 1. The SMILES string of the molecule is CC(=O)O[C@H]1C(=O)[C@]2(C)C(F)CC3OC[C@@]3(OC(C)=O)C2C(OC(=O)c2ccccc2)[C@]2(O)CC(OC(=O)C(OC(=O)OCC(Cl)(Cl)Cl)[C@@H](NC(=O)c3ccccc3)c3ccccc3)C(C)=C1C2(C)C. The fourth-order valence-electron chi connectivity index (χ4n) is 10.5. The van der Waals surface area contributed by atoms with Gasteiger partial charge in [0.15, 0.2) is 17.5 Å². The van der Waals surface area contributed by atoms with Gasteiger partial charge in [0.25, 0.3) is 5.91 Å². The number of benzene rings is 3. The van der Waals surface area contributed by atoms with Crippen LogP contribution in [0.4, 0.5) is 9.18 Å². The molecule has 70 heavy (non-hydrogen) atoms. The Kier molecular flexibility index (Phi) is 14.8. The van der Waals surface area contributed by atoms with Gasteiger partial charge in [-0.2, -0.15) is 0 Å². The molecular formula is C50H51Cl3FNO15. The number of carbonyl (C=O) groups is 7. The monoisotopic (exact) mass is 1030 g/mol. The largest absolute Gasteiger partial charge is 0.509 e. The van der Waals surface area contributed by atoms with Gasteiger partial charge in [-0.1, -0.05) is 115 Å². The van der Waals surface area contributed by atoms with Crippen LogP contribution in [0.3, 0.4) is 0 Å². The van der Waals surface area contributed by atoms with Gasteiger partial charge in [0.2, 0.25) is 9.90 Å². The first-order chi connectivity index (χ1) is 32.9. The molecule has 3 aromatic carbocycles. The Bertz CT molecular complexity index is 2560. The maximum Gasteiger partial charge on any atom is 0.509 e. The quantitative estimate of drug-likeness (QED) is 0.0791. The molecule has 2 N–H and O–H groups in total. The molecule has 3 aliphatic carbocycles. The Morgan fingerprint density at radius 3 is 1.99 bits per heavy atom. The molecule has 3 fully saturated rings. The van der Waals surface area contributed by atoms with E-state index in [2.05, 4.69) is 5.32 Å². The number of Topliss-reactive ketones (excluding diaryl/α,β-unsaturated/α-hetero) is 1. The zero-order valence-corrected chi connectivity index (χ0v) is 41.0. The molecule has 1 aliphatic heterocycles. The predicted molar refractivity (Wildman–Crippen MR) is 247 cm³/mol. The van der Waals surface area contributed by atoms with Crippen LogP contribution < -0.4 is 5.32 Å². The van der Waals surface area contributed by atoms with Crippen LogP contribution >= 0.6 is 34.8 Å². The van der Waals surface area contributed by atoms with E-state index < -0.39 is 142 Å². The summed E-state index contributed by atoms with van der Waals surface area (Å²) < 4.78 is 56.2. The summed E-state index contributed by atoms with van der Waals surface area (Å²) >= 11 is 17.6. The van der Waals surface area contributed by atoms with Crippen LogP contribution in [0, 0.1) is 16.7 Å². The van der Waals surface area contributed by atoms with Crippen LogP contribution in [-0.2, 0) is 52.3 Å². The second-order valence-electron chi connectivity index (χ2n) is 18.6. The normalized spacial score (nSPS) is 29.7. The van der Waals surface area contributed by atoms with Gasteiger partial charge in [-0.25, -0.2) is 18.8 Å². The van der Waals surface area contributed by atoms with E-state index in [-0.39, 0.29) is 27.8 Å². The van der Waals surface area contributed by atoms with E-state index in [9.17, 15) is 29.1 Å². The van der Waals surface area contributed by atoms with E-state index >= 15 is 14.0 Å². The predicted octanol–water partition coefficient (Wildman–Crippen LogP) is 7.24. The number of amides is 1. The lowest BCUT2D eigenvalue weighted by molar-refractivity contribution is -0.341. The average Bonchev–Trinajstić information content (AvgIpc) is 3.30. The fraction of sp³-hybridized carbons (Fsp3) is 0.460. The summed E-state index contributed by atoms with van der Waals surface area (Å²) in [6.45, 7) is 6.51. The lowest BCUT2D eigenvalue weighted by atomic mass is 9.45. The van der Waals surface area contributed by atoms with Gasteiger partial charge in [0, 0.05) is 37.7 Å². The van der Waals surface area contributed by atoms with E-state index in [0.717, 1.165) is 13.8 Å². The number of ketones is 1. The van der Waals surface area contributed by atoms with Gasteiger partial charge in [0.1, 0.15) is 42.7 Å². The van der Waals surface area contributed by atoms with Crippen molar-refractivity contribution in [3.8, 4) is 0 Å². The zero-order valence-electron chi connectivity index (χ0n) is 38.8. The van der Waals surface area contributed by atoms with E-state index in [1.807, 2.05) is 0 Å². The maximum absolute atomic E-state index is 17.4. The number of carbonyl (C=O) groups excluding carboxylic acids is 7. The molecule has 2 saturated carbocycles. The third-order valence-electron chi connectivity index (χ3n) is 14.0. The van der Waals surface area contributed by atoms with Crippen LogP contribution in [-0.4, -0.2) is 112 Å². The Morgan fingerprint density at radius 1 is 0.857 bits per heavy atom. The number of nitrogens with one attached hydrogen (secondary N) is 1. The van der Waals surface area contributed by atoms with E-state index in [0.29, 0.717) is 0 Å². The van der Waals surface area contributed by atoms with Crippen LogP contribution in [0.1, 0.15) is 86.7 Å². The molecule has 0 spiro atoms. The number of rotatable bonds is 12. The molecule has 1 amide bonds. The lowest BCUT2D eigenvalue weighted by Crippen LogP contribution is -2.81. The van der Waals surface area contributed by atoms with Crippen LogP contribution in [0.25, 0.3) is 0 Å². The molecule has 0 radical (unpaired) electrons. The number of ether oxygens (including phenoxy) is 7. The van der Waals surface area contributed by atoms with Gasteiger partial charge in [-0.05, 0) is 54.8 Å². The van der Waals surface area contributed by atoms with Gasteiger partial charge in [-0.15, -0.1) is 0 Å². The van der Waals surface area contributed by atoms with Crippen molar-refractivity contribution in [2.24, 2.45) is 16.7 Å². The minimum absolute atomic E-state index is 0.0100. The van der Waals surface area contributed by atoms with E-state index in [1.165, 1.54) is 64.1 Å². The average molecular weight is 1030 g/mol. The van der Waals surface area contributed by atoms with Gasteiger partial charge < -0.3 is 43.6 Å². The molecule has 1 saturated heterocycles. The zero-order chi connectivity index (χ0) is 51.1. The smallest absolute Gasteiger partial charge is 0.455 e. The molecule has 16 nitrogen and oxygen atoms in total. The molecule has 374 valence electrons. The molecular weight excluding hydrogens is 980 g/mol. The van der Waals surface area contributed by atoms with Crippen molar-refractivity contribution in [2.45, 2.75) is 112 Å². The summed E-state index contributed by atoms with van der Waals surface area (Å²) in [4.78, 5) is 98.5. The van der Waals surface area contributed by atoms with Crippen molar-refractivity contribution in [1.82, 2.24) is 5.32 Å². The molecule has 1 heterocycles. The summed E-state index contributed by atoms with van der Waals surface area (Å²) in [7, 11) is 0. The van der Waals surface area contributed by atoms with E-state index in [1.54, 1.807) is 54.6 Å². The summed E-state index contributed by atoms with van der Waals surface area (Å²) in [5.74, 6) is -7.76. The maximum atomic E-state index is 17.4. The third kappa shape index (κ3) is 9.74. The molecule has 11 atom stereocenters. The van der Waals surface area contributed by atoms with Crippen LogP contribution in [0.2, 0.25) is 0 Å². The third-order valence-corrected chi connectivity index (χ3v) is 14.3. The van der Waals surface area contributed by atoms with Crippen LogP contribution in [0.5, 0.6) is 0 Å². The summed E-state index contributed by atoms with van der Waals surface area (Å²) in [6, 6.07) is 21.8. The lowest BCUT2D eigenvalue weighted by Gasteiger charge is -2.67. The molecule has 0 aromatic heterocycles. The van der Waals surface area contributed by atoms with Crippen molar-refractivity contribution in [1.29, 1.82) is 0 Å². The summed E-state index contributed by atoms with van der Waals surface area (Å²) in [6.07, 6.45) is -13.8. The van der Waals surface area contributed by atoms with Crippen molar-refractivity contribution in [3.05, 3.63) is 119 Å². The first kappa shape index (κ1) is 52.2. The van der Waals surface area contributed by atoms with Crippen LogP contribution in [0.15, 0.2) is 102 Å². The molecule has 4 aliphatic rings. The van der Waals surface area contributed by atoms with Gasteiger partial charge >= 0.3 is 30.0 Å². The summed E-state index contributed by atoms with van der Waals surface area (Å²) in [5.41, 5.74) is -8.38. The van der Waals surface area contributed by atoms with E-state index in [4.69, 9.17) is 68.0 Å². The Labute approximate surface area is 417 Å². The van der Waals surface area contributed by atoms with Crippen molar-refractivity contribution >= 4 is 76.5 Å². The minimum atomic E-state index is -2.56. The van der Waals surface area contributed by atoms with Crippen molar-refractivity contribution in [2.75, 3.05) is 13.2 Å². The second kappa shape index (κ2) is 19.9. The Hall–Kier alpha value is -5.59. The minimum Gasteiger partial charge on any atom is -0.455 e. The van der Waals surface area contributed by atoms with Crippen molar-refractivity contribution in [3.63, 3.8) is 0 Å². The van der Waals surface area contributed by atoms with Crippen molar-refractivity contribution < 1.29 is 76.2 Å². The number of hydrogen-bond acceptors (Lipinski definition) is 15. The molecule has 2 bridgehead atoms. The topological polar surface area (TPSA) is 216 Å². The fourth-order valence-corrected chi connectivity index (χ4v) is 10.7. The first-order valence-electron chi connectivity index (χ1n) is 22.2. The molecule has 7 rings (SSSR count). The number of esters is 4. The standard InChI is InChI=1S/C50H51Cl3FNO15/c1-26-32(67-44(61)38(68-45(62)65-25-50(51,52)53)36(29-16-10-7-11-17-29)55-42(59)30-18-12-8-13-19-30)23-49(63)41(69-43(60)31-20-14-9-15-21-31)39-47(6,33(54)22-34-48(39,24-64-34)70-28(3)57)40(58)37(66-27(2)56)35(26)46(49,4)5/h7-21,32-34,36-39,41,63H,22-25H2,1-6H3,(H,55,59)/t32?,33?,34?,36-,37+,38?,39?,41?,47+,48-,49+/m0/s1. The highest BCUT2D eigenvalue weighted by Gasteiger charge is 2.79. The second-order valence-corrected chi connectivity index (χ2v) is 21.1. The molecule has 20 heteroatoms. The Morgan fingerprint density at radius 2 is 1.44 bits per heavy atom. The number of halogens is 4. The molecule has 3 aromatic rings. The van der Waals surface area contributed by atoms with Gasteiger partial charge in [0.05, 0.1) is 23.5 Å².